The van der Waals surface area contributed by atoms with E-state index in [0.29, 0.717) is 6.07 Å². The van der Waals surface area contributed by atoms with Crippen molar-refractivity contribution < 1.29 is 31.9 Å². The Balaban J connectivity index is 1.61. The van der Waals surface area contributed by atoms with Crippen LogP contribution in [0.1, 0.15) is 55.8 Å². The van der Waals surface area contributed by atoms with Crippen molar-refractivity contribution in [3.63, 3.8) is 0 Å². The number of carbonyl (C=O) groups is 3. The topological polar surface area (TPSA) is 119 Å². The van der Waals surface area contributed by atoms with Crippen LogP contribution < -0.4 is 15.1 Å². The number of amides is 3. The van der Waals surface area contributed by atoms with E-state index in [1.54, 1.807) is 0 Å². The van der Waals surface area contributed by atoms with Crippen LogP contribution in [0.15, 0.2) is 42.6 Å². The summed E-state index contributed by atoms with van der Waals surface area (Å²) >= 11 is 6.45. The number of nitriles is 1. The molecule has 14 heteroatoms. The molecule has 1 aliphatic heterocycles. The molecule has 3 amide bonds. The first-order valence-electron chi connectivity index (χ1n) is 13.6. The molecule has 2 fully saturated rings. The van der Waals surface area contributed by atoms with Crippen LogP contribution in [0.2, 0.25) is 5.02 Å². The monoisotopic (exact) mass is 626 g/mol. The Morgan fingerprint density at radius 2 is 1.86 bits per heavy atom. The third-order valence-electron chi connectivity index (χ3n) is 7.45. The molecule has 1 N–H and O–H groups in total. The Morgan fingerprint density at radius 1 is 1.16 bits per heavy atom. The summed E-state index contributed by atoms with van der Waals surface area (Å²) < 4.78 is 56.9. The zero-order valence-corrected chi connectivity index (χ0v) is 23.6. The van der Waals surface area contributed by atoms with Crippen molar-refractivity contribution in [3.05, 3.63) is 82.6 Å². The lowest BCUT2D eigenvalue weighted by molar-refractivity contribution is -0.128. The zero-order chi connectivity index (χ0) is 31.6. The lowest BCUT2D eigenvalue weighted by atomic mass is 9.91. The number of nitrogens with zero attached hydrogens (tertiary/aromatic N) is 5. The van der Waals surface area contributed by atoms with Crippen LogP contribution in [0.5, 0.6) is 0 Å². The second kappa shape index (κ2) is 12.5. The van der Waals surface area contributed by atoms with E-state index in [0.717, 1.165) is 21.9 Å². The van der Waals surface area contributed by atoms with E-state index in [1.165, 1.54) is 24.4 Å². The molecule has 5 rings (SSSR count). The van der Waals surface area contributed by atoms with Crippen molar-refractivity contribution in [3.8, 4) is 6.07 Å². The summed E-state index contributed by atoms with van der Waals surface area (Å²) in [5, 5.41) is 11.9. The summed E-state index contributed by atoms with van der Waals surface area (Å²) in [5.74, 6) is -7.65. The molecule has 1 aromatic heterocycles. The molecule has 1 saturated heterocycles. The van der Waals surface area contributed by atoms with Gasteiger partial charge in [0.25, 0.3) is 5.91 Å². The van der Waals surface area contributed by atoms with Crippen molar-refractivity contribution in [2.75, 3.05) is 9.80 Å². The van der Waals surface area contributed by atoms with Gasteiger partial charge in [-0.15, -0.1) is 0 Å². The normalized spacial score (nSPS) is 18.7. The summed E-state index contributed by atoms with van der Waals surface area (Å²) in [4.78, 5) is 51.3. The molecule has 3 aromatic rings. The van der Waals surface area contributed by atoms with Crippen molar-refractivity contribution in [2.45, 2.75) is 62.6 Å². The van der Waals surface area contributed by atoms with E-state index in [-0.39, 0.29) is 53.6 Å². The number of benzene rings is 1. The quantitative estimate of drug-likeness (QED) is 0.375. The Kier molecular flexibility index (Phi) is 8.70. The predicted octanol–water partition coefficient (Wildman–Crippen LogP) is 4.84. The highest BCUT2D eigenvalue weighted by Gasteiger charge is 2.46. The minimum absolute atomic E-state index is 0.0434. The van der Waals surface area contributed by atoms with Gasteiger partial charge in [-0.1, -0.05) is 23.7 Å². The number of carbonyl (C=O) groups excluding carboxylic acids is 3. The molecule has 0 bridgehead atoms. The number of hydrogen-bond acceptors (Lipinski definition) is 6. The van der Waals surface area contributed by atoms with Gasteiger partial charge in [0.1, 0.15) is 35.5 Å². The summed E-state index contributed by atoms with van der Waals surface area (Å²) in [6.07, 6.45) is -0.0298. The van der Waals surface area contributed by atoms with Gasteiger partial charge in [-0.05, 0) is 49.6 Å². The minimum atomic E-state index is -2.88. The standard InChI is InChI=1S/C30H23ClF4N6O3/c31-23-4-2-1-3-22(23)26(27(43)38-19-7-10-30(34,35)11-8-19)40(21-14-17(32)13-18(33)15-21)28(44)24-5-6-25(42)41(24)29-37-12-9-20(16-36)39-29/h2,4,9,12-15,19,24,26H,5-8,10-11H2,(H,38,43)/t24-,26-/m0/s1. The lowest BCUT2D eigenvalue weighted by Gasteiger charge is -2.36. The Labute approximate surface area is 254 Å². The molecule has 2 heterocycles. The van der Waals surface area contributed by atoms with Crippen molar-refractivity contribution in [1.82, 2.24) is 15.3 Å². The average Bonchev–Trinajstić information content (AvgIpc) is 3.38. The van der Waals surface area contributed by atoms with Crippen LogP contribution in [0, 0.1) is 35.1 Å². The molecule has 1 aliphatic carbocycles. The van der Waals surface area contributed by atoms with Gasteiger partial charge in [-0.3, -0.25) is 24.2 Å². The van der Waals surface area contributed by atoms with Gasteiger partial charge in [-0.2, -0.15) is 5.26 Å². The summed E-state index contributed by atoms with van der Waals surface area (Å²) in [6, 6.07) is 9.71. The molecular formula is C30H23ClF4N6O3. The molecule has 1 saturated carbocycles. The molecule has 0 radical (unpaired) electrons. The first-order valence-corrected chi connectivity index (χ1v) is 14.0. The number of halogens is 5. The molecule has 2 aliphatic rings. The van der Waals surface area contributed by atoms with Crippen molar-refractivity contribution in [2.24, 2.45) is 0 Å². The van der Waals surface area contributed by atoms with E-state index in [4.69, 9.17) is 11.6 Å². The van der Waals surface area contributed by atoms with Gasteiger partial charge in [0.2, 0.25) is 23.7 Å². The largest absolute Gasteiger partial charge is 0.351 e. The van der Waals surface area contributed by atoms with Gasteiger partial charge in [-0.25, -0.2) is 27.5 Å². The van der Waals surface area contributed by atoms with Crippen LogP contribution in [0.4, 0.5) is 29.2 Å². The Hall–Kier alpha value is -4.75. The number of aromatic nitrogens is 2. The van der Waals surface area contributed by atoms with E-state index >= 15 is 0 Å². The summed E-state index contributed by atoms with van der Waals surface area (Å²) in [5.41, 5.74) is -0.562. The number of nitrogens with one attached hydrogen (secondary N) is 1. The van der Waals surface area contributed by atoms with Gasteiger partial charge in [0.15, 0.2) is 0 Å². The zero-order valence-electron chi connectivity index (χ0n) is 22.9. The Morgan fingerprint density at radius 3 is 2.52 bits per heavy atom. The van der Waals surface area contributed by atoms with E-state index in [1.807, 2.05) is 6.07 Å². The molecule has 2 aromatic carbocycles. The maximum absolute atomic E-state index is 14.6. The highest BCUT2D eigenvalue weighted by molar-refractivity contribution is 6.31. The summed E-state index contributed by atoms with van der Waals surface area (Å²) in [6.45, 7) is 0. The van der Waals surface area contributed by atoms with E-state index < -0.39 is 66.2 Å². The fourth-order valence-electron chi connectivity index (χ4n) is 5.36. The smallest absolute Gasteiger partial charge is 0.251 e. The molecule has 2 atom stereocenters. The second-order valence-electron chi connectivity index (χ2n) is 10.4. The average molecular weight is 627 g/mol. The maximum atomic E-state index is 14.6. The number of alkyl halides is 2. The molecule has 0 spiro atoms. The number of rotatable bonds is 7. The number of hydrogen-bond donors (Lipinski definition) is 1. The van der Waals surface area contributed by atoms with Crippen LogP contribution >= 0.6 is 11.6 Å². The lowest BCUT2D eigenvalue weighted by Crippen LogP contribution is -2.53. The van der Waals surface area contributed by atoms with Gasteiger partial charge >= 0.3 is 0 Å². The molecular weight excluding hydrogens is 604 g/mol. The first kappa shape index (κ1) is 30.7. The molecule has 9 nitrogen and oxygen atoms in total. The minimum Gasteiger partial charge on any atom is -0.351 e. The van der Waals surface area contributed by atoms with Crippen LogP contribution in [-0.4, -0.2) is 45.7 Å². The SMILES string of the molecule is N#Cc1ccnc(N2C(=O)CC[C@H]2C(=O)N(c2cc(F)cc(F)c2)[C@H](C(=O)NC2CCC(F)(F)CC2)c2c#cccc2Cl)n1. The van der Waals surface area contributed by atoms with Crippen LogP contribution in [0.3, 0.4) is 0 Å². The fraction of sp³-hybridized carbons (Fsp3) is 0.333. The van der Waals surface area contributed by atoms with E-state index in [2.05, 4.69) is 27.4 Å². The number of anilines is 2. The van der Waals surface area contributed by atoms with Crippen LogP contribution in [0.25, 0.3) is 0 Å². The first-order chi connectivity index (χ1) is 21.0. The molecule has 44 heavy (non-hydrogen) atoms. The van der Waals surface area contributed by atoms with E-state index in [9.17, 15) is 37.2 Å². The molecule has 226 valence electrons. The highest BCUT2D eigenvalue weighted by Crippen LogP contribution is 2.37. The Bertz CT molecular complexity index is 1620. The maximum Gasteiger partial charge on any atom is 0.251 e. The third kappa shape index (κ3) is 6.43. The second-order valence-corrected chi connectivity index (χ2v) is 10.8. The molecule has 0 unspecified atom stereocenters. The van der Waals surface area contributed by atoms with Gasteiger partial charge in [0, 0.05) is 37.6 Å². The van der Waals surface area contributed by atoms with Crippen molar-refractivity contribution >= 4 is 41.0 Å². The fourth-order valence-corrected chi connectivity index (χ4v) is 5.58. The predicted molar refractivity (Wildman–Crippen MR) is 148 cm³/mol. The highest BCUT2D eigenvalue weighted by atomic mass is 35.5. The summed E-state index contributed by atoms with van der Waals surface area (Å²) in [7, 11) is 0. The van der Waals surface area contributed by atoms with Crippen molar-refractivity contribution in [1.29, 1.82) is 5.26 Å². The third-order valence-corrected chi connectivity index (χ3v) is 7.78. The van der Waals surface area contributed by atoms with Gasteiger partial charge < -0.3 is 5.32 Å². The van der Waals surface area contributed by atoms with Crippen LogP contribution in [-0.2, 0) is 14.4 Å². The van der Waals surface area contributed by atoms with Gasteiger partial charge in [0.05, 0.1) is 16.3 Å².